The Morgan fingerprint density at radius 1 is 1.38 bits per heavy atom. The molecule has 0 saturated carbocycles. The first-order chi connectivity index (χ1) is 10.1. The van der Waals surface area contributed by atoms with Gasteiger partial charge in [-0.2, -0.15) is 5.26 Å². The topological polar surface area (TPSA) is 73.2 Å². The quantitative estimate of drug-likeness (QED) is 0.816. The van der Waals surface area contributed by atoms with E-state index >= 15 is 0 Å². The van der Waals surface area contributed by atoms with Gasteiger partial charge in [0.15, 0.2) is 0 Å². The minimum atomic E-state index is -0.428. The fraction of sp³-hybridized carbons (Fsp3) is 0.312. The van der Waals surface area contributed by atoms with Crippen molar-refractivity contribution in [3.05, 3.63) is 42.5 Å². The van der Waals surface area contributed by atoms with E-state index in [2.05, 4.69) is 18.0 Å². The highest BCUT2D eigenvalue weighted by Crippen LogP contribution is 2.14. The molecule has 0 fully saturated rings. The SMILES string of the molecule is C=CC(=O)Nc1ccc(C(=O)N(CC)C(C#N)CC)cc1. The Morgan fingerprint density at radius 2 is 2.00 bits per heavy atom. The lowest BCUT2D eigenvalue weighted by Gasteiger charge is -2.25. The Bertz CT molecular complexity index is 558. The summed E-state index contributed by atoms with van der Waals surface area (Å²) in [5.74, 6) is -0.493. The molecule has 0 radical (unpaired) electrons. The largest absolute Gasteiger partial charge is 0.323 e. The summed E-state index contributed by atoms with van der Waals surface area (Å²) in [6, 6.07) is 8.27. The first kappa shape index (κ1) is 16.4. The minimum Gasteiger partial charge on any atom is -0.323 e. The van der Waals surface area contributed by atoms with E-state index < -0.39 is 6.04 Å². The highest BCUT2D eigenvalue weighted by atomic mass is 16.2. The number of nitriles is 1. The first-order valence-corrected chi connectivity index (χ1v) is 6.81. The Kier molecular flexibility index (Phi) is 6.15. The molecule has 1 aromatic rings. The summed E-state index contributed by atoms with van der Waals surface area (Å²) in [5, 5.41) is 11.7. The summed E-state index contributed by atoms with van der Waals surface area (Å²) < 4.78 is 0. The van der Waals surface area contributed by atoms with E-state index in [0.717, 1.165) is 0 Å². The van der Waals surface area contributed by atoms with Crippen LogP contribution in [0.4, 0.5) is 5.69 Å². The van der Waals surface area contributed by atoms with Crippen molar-refractivity contribution in [3.8, 4) is 6.07 Å². The van der Waals surface area contributed by atoms with Crippen molar-refractivity contribution in [2.24, 2.45) is 0 Å². The molecule has 0 aliphatic rings. The molecular weight excluding hydrogens is 266 g/mol. The van der Waals surface area contributed by atoms with Crippen LogP contribution in [0.5, 0.6) is 0 Å². The lowest BCUT2D eigenvalue weighted by atomic mass is 10.1. The molecule has 2 amide bonds. The molecule has 5 nitrogen and oxygen atoms in total. The predicted octanol–water partition coefficient (Wildman–Crippen LogP) is 2.58. The second kappa shape index (κ2) is 7.85. The molecule has 0 saturated heterocycles. The molecule has 110 valence electrons. The maximum Gasteiger partial charge on any atom is 0.254 e. The Hall–Kier alpha value is -2.61. The number of nitrogens with zero attached hydrogens (tertiary/aromatic N) is 2. The van der Waals surface area contributed by atoms with Crippen molar-refractivity contribution < 1.29 is 9.59 Å². The highest BCUT2D eigenvalue weighted by Gasteiger charge is 2.21. The zero-order chi connectivity index (χ0) is 15.8. The molecule has 0 spiro atoms. The van der Waals surface area contributed by atoms with E-state index in [1.54, 1.807) is 24.3 Å². The second-order valence-electron chi connectivity index (χ2n) is 4.42. The van der Waals surface area contributed by atoms with Gasteiger partial charge in [0.2, 0.25) is 5.91 Å². The highest BCUT2D eigenvalue weighted by molar-refractivity contribution is 5.99. The van der Waals surface area contributed by atoms with Crippen molar-refractivity contribution in [2.45, 2.75) is 26.3 Å². The lowest BCUT2D eigenvalue weighted by molar-refractivity contribution is -0.111. The zero-order valence-corrected chi connectivity index (χ0v) is 12.3. The van der Waals surface area contributed by atoms with Crippen LogP contribution in [-0.4, -0.2) is 29.3 Å². The van der Waals surface area contributed by atoms with Gasteiger partial charge < -0.3 is 10.2 Å². The van der Waals surface area contributed by atoms with Gasteiger partial charge in [-0.15, -0.1) is 0 Å². The molecule has 1 N–H and O–H groups in total. The molecule has 1 atom stereocenters. The Labute approximate surface area is 124 Å². The van der Waals surface area contributed by atoms with Crippen LogP contribution >= 0.6 is 0 Å². The van der Waals surface area contributed by atoms with E-state index in [9.17, 15) is 9.59 Å². The van der Waals surface area contributed by atoms with E-state index in [-0.39, 0.29) is 11.8 Å². The van der Waals surface area contributed by atoms with Gasteiger partial charge in [-0.1, -0.05) is 13.5 Å². The summed E-state index contributed by atoms with van der Waals surface area (Å²) in [6.07, 6.45) is 1.76. The molecule has 1 aromatic carbocycles. The van der Waals surface area contributed by atoms with Crippen LogP contribution in [-0.2, 0) is 4.79 Å². The van der Waals surface area contributed by atoms with Gasteiger partial charge in [0.05, 0.1) is 6.07 Å². The van der Waals surface area contributed by atoms with Gasteiger partial charge in [0.1, 0.15) is 6.04 Å². The van der Waals surface area contributed by atoms with E-state index in [1.807, 2.05) is 13.8 Å². The third kappa shape index (κ3) is 4.18. The van der Waals surface area contributed by atoms with Crippen LogP contribution in [0.15, 0.2) is 36.9 Å². The lowest BCUT2D eigenvalue weighted by Crippen LogP contribution is -2.39. The number of hydrogen-bond acceptors (Lipinski definition) is 3. The number of hydrogen-bond donors (Lipinski definition) is 1. The molecule has 21 heavy (non-hydrogen) atoms. The number of carbonyl (C=O) groups is 2. The molecule has 1 rings (SSSR count). The van der Waals surface area contributed by atoms with Crippen LogP contribution in [0, 0.1) is 11.3 Å². The summed E-state index contributed by atoms with van der Waals surface area (Å²) in [7, 11) is 0. The van der Waals surface area contributed by atoms with Gasteiger partial charge in [-0.05, 0) is 43.7 Å². The van der Waals surface area contributed by atoms with E-state index in [4.69, 9.17) is 5.26 Å². The molecule has 0 aliphatic heterocycles. The van der Waals surface area contributed by atoms with Crippen molar-refractivity contribution in [1.29, 1.82) is 5.26 Å². The van der Waals surface area contributed by atoms with Crippen molar-refractivity contribution >= 4 is 17.5 Å². The number of rotatable bonds is 6. The second-order valence-corrected chi connectivity index (χ2v) is 4.42. The van der Waals surface area contributed by atoms with Crippen LogP contribution in [0.2, 0.25) is 0 Å². The van der Waals surface area contributed by atoms with Crippen LogP contribution < -0.4 is 5.32 Å². The van der Waals surface area contributed by atoms with Gasteiger partial charge in [0.25, 0.3) is 5.91 Å². The smallest absolute Gasteiger partial charge is 0.254 e. The van der Waals surface area contributed by atoms with E-state index in [0.29, 0.717) is 24.2 Å². The average molecular weight is 285 g/mol. The summed E-state index contributed by atoms with van der Waals surface area (Å²) in [4.78, 5) is 25.1. The van der Waals surface area contributed by atoms with Gasteiger partial charge >= 0.3 is 0 Å². The molecule has 0 aromatic heterocycles. The maximum absolute atomic E-state index is 12.4. The van der Waals surface area contributed by atoms with Gasteiger partial charge in [-0.25, -0.2) is 0 Å². The summed E-state index contributed by atoms with van der Waals surface area (Å²) in [6.45, 7) is 7.56. The average Bonchev–Trinajstić information content (AvgIpc) is 2.52. The number of anilines is 1. The monoisotopic (exact) mass is 285 g/mol. The molecule has 0 bridgehead atoms. The van der Waals surface area contributed by atoms with Crippen LogP contribution in [0.1, 0.15) is 30.6 Å². The Morgan fingerprint density at radius 3 is 2.43 bits per heavy atom. The predicted molar refractivity (Wildman–Crippen MR) is 81.7 cm³/mol. The first-order valence-electron chi connectivity index (χ1n) is 6.81. The van der Waals surface area contributed by atoms with Gasteiger partial charge in [-0.3, -0.25) is 9.59 Å². The molecule has 5 heteroatoms. The molecule has 0 heterocycles. The van der Waals surface area contributed by atoms with Gasteiger partial charge in [0, 0.05) is 17.8 Å². The van der Waals surface area contributed by atoms with Crippen molar-refractivity contribution in [1.82, 2.24) is 4.90 Å². The van der Waals surface area contributed by atoms with Crippen molar-refractivity contribution in [3.63, 3.8) is 0 Å². The number of nitrogens with one attached hydrogen (secondary N) is 1. The third-order valence-electron chi connectivity index (χ3n) is 3.10. The Balaban J connectivity index is 2.90. The minimum absolute atomic E-state index is 0.188. The fourth-order valence-electron chi connectivity index (χ4n) is 1.94. The summed E-state index contributed by atoms with van der Waals surface area (Å²) in [5.41, 5.74) is 1.08. The van der Waals surface area contributed by atoms with Crippen LogP contribution in [0.25, 0.3) is 0 Å². The number of benzene rings is 1. The maximum atomic E-state index is 12.4. The summed E-state index contributed by atoms with van der Waals surface area (Å²) >= 11 is 0. The standard InChI is InChI=1S/C16H19N3O2/c1-4-14(11-17)19(6-3)16(21)12-7-9-13(10-8-12)18-15(20)5-2/h5,7-10,14H,2,4,6H2,1,3H3,(H,18,20). The molecular formula is C16H19N3O2. The van der Waals surface area contributed by atoms with Crippen LogP contribution in [0.3, 0.4) is 0 Å². The molecule has 0 aliphatic carbocycles. The van der Waals surface area contributed by atoms with E-state index in [1.165, 1.54) is 11.0 Å². The molecule has 1 unspecified atom stereocenters. The van der Waals surface area contributed by atoms with Crippen molar-refractivity contribution in [2.75, 3.05) is 11.9 Å². The fourth-order valence-corrected chi connectivity index (χ4v) is 1.94. The third-order valence-corrected chi connectivity index (χ3v) is 3.10. The number of amides is 2. The normalized spacial score (nSPS) is 11.1. The zero-order valence-electron chi connectivity index (χ0n) is 12.3. The number of carbonyl (C=O) groups excluding carboxylic acids is 2.